The topological polar surface area (TPSA) is 95.7 Å². The van der Waals surface area contributed by atoms with Crippen LogP contribution in [0.4, 0.5) is 0 Å². The number of nitrogens with one attached hydrogen (secondary N) is 1. The summed E-state index contributed by atoms with van der Waals surface area (Å²) in [6.45, 7) is 7.14. The third-order valence-electron chi connectivity index (χ3n) is 6.00. The maximum Gasteiger partial charge on any atom is 0.276 e. The average Bonchev–Trinajstić information content (AvgIpc) is 3.35. The van der Waals surface area contributed by atoms with Crippen LogP contribution in [-0.2, 0) is 4.79 Å². The summed E-state index contributed by atoms with van der Waals surface area (Å²) in [5.74, 6) is 0.337. The maximum absolute atomic E-state index is 12.7. The average molecular weight is 392 g/mol. The highest BCUT2D eigenvalue weighted by Crippen LogP contribution is 2.28. The standard InChI is InChI=1S/C21H33N3O4/c1-13(2)16(22-19(26)18(25)15-9-5-4-6-10-15)20-23-17(14(3)28-20)21(27)24-11-7-8-12-24/h13,15-16,18,25H,4-12H2,1-3H3,(H,22,26)/t16-,18-/m1/s1. The summed E-state index contributed by atoms with van der Waals surface area (Å²) in [5.41, 5.74) is 0.324. The van der Waals surface area contributed by atoms with Crippen molar-refractivity contribution >= 4 is 11.8 Å². The van der Waals surface area contributed by atoms with Crippen LogP contribution < -0.4 is 5.32 Å². The number of aromatic nitrogens is 1. The number of rotatable bonds is 6. The number of hydrogen-bond donors (Lipinski definition) is 2. The molecular formula is C21H33N3O4. The molecule has 2 amide bonds. The third-order valence-corrected chi connectivity index (χ3v) is 6.00. The van der Waals surface area contributed by atoms with Gasteiger partial charge in [0.2, 0.25) is 11.8 Å². The fourth-order valence-corrected chi connectivity index (χ4v) is 4.23. The van der Waals surface area contributed by atoms with E-state index in [1.54, 1.807) is 11.8 Å². The highest BCUT2D eigenvalue weighted by atomic mass is 16.4. The molecule has 2 aliphatic rings. The van der Waals surface area contributed by atoms with Gasteiger partial charge in [-0.15, -0.1) is 0 Å². The summed E-state index contributed by atoms with van der Waals surface area (Å²) in [6.07, 6.45) is 6.07. The van der Waals surface area contributed by atoms with Gasteiger partial charge in [-0.2, -0.15) is 0 Å². The van der Waals surface area contributed by atoms with Gasteiger partial charge in [-0.3, -0.25) is 9.59 Å². The molecule has 156 valence electrons. The van der Waals surface area contributed by atoms with Crippen LogP contribution in [0, 0.1) is 18.8 Å². The van der Waals surface area contributed by atoms with E-state index in [1.807, 2.05) is 13.8 Å². The molecule has 1 saturated heterocycles. The van der Waals surface area contributed by atoms with E-state index in [0.29, 0.717) is 17.3 Å². The van der Waals surface area contributed by atoms with E-state index in [2.05, 4.69) is 10.3 Å². The monoisotopic (exact) mass is 391 g/mol. The highest BCUT2D eigenvalue weighted by Gasteiger charge is 2.33. The Kier molecular flexibility index (Phi) is 6.75. The normalized spacial score (nSPS) is 20.4. The van der Waals surface area contributed by atoms with Gasteiger partial charge in [-0.05, 0) is 44.4 Å². The van der Waals surface area contributed by atoms with Crippen molar-refractivity contribution in [1.29, 1.82) is 0 Å². The molecule has 1 aromatic rings. The lowest BCUT2D eigenvalue weighted by Crippen LogP contribution is -2.43. The van der Waals surface area contributed by atoms with Gasteiger partial charge in [0.05, 0.1) is 0 Å². The second-order valence-electron chi connectivity index (χ2n) is 8.53. The number of likely N-dealkylation sites (tertiary alicyclic amines) is 1. The molecule has 28 heavy (non-hydrogen) atoms. The molecule has 1 aliphatic carbocycles. The first-order valence-corrected chi connectivity index (χ1v) is 10.6. The quantitative estimate of drug-likeness (QED) is 0.777. The van der Waals surface area contributed by atoms with Crippen molar-refractivity contribution in [2.24, 2.45) is 11.8 Å². The predicted octanol–water partition coefficient (Wildman–Crippen LogP) is 2.97. The van der Waals surface area contributed by atoms with Crippen molar-refractivity contribution < 1.29 is 19.1 Å². The molecule has 0 spiro atoms. The van der Waals surface area contributed by atoms with Gasteiger partial charge >= 0.3 is 0 Å². The van der Waals surface area contributed by atoms with Crippen LogP contribution in [0.25, 0.3) is 0 Å². The number of carbonyl (C=O) groups excluding carboxylic acids is 2. The fourth-order valence-electron chi connectivity index (χ4n) is 4.23. The van der Waals surface area contributed by atoms with Crippen molar-refractivity contribution in [3.8, 4) is 0 Å². The molecular weight excluding hydrogens is 358 g/mol. The van der Waals surface area contributed by atoms with Gasteiger partial charge in [0.15, 0.2) is 5.69 Å². The largest absolute Gasteiger partial charge is 0.443 e. The SMILES string of the molecule is Cc1oc([C@H](NC(=O)[C@H](O)C2CCCCC2)C(C)C)nc1C(=O)N1CCCC1. The van der Waals surface area contributed by atoms with Crippen LogP contribution in [0.1, 0.15) is 87.0 Å². The smallest absolute Gasteiger partial charge is 0.276 e. The van der Waals surface area contributed by atoms with E-state index in [1.165, 1.54) is 6.42 Å². The van der Waals surface area contributed by atoms with Crippen molar-refractivity contribution in [2.75, 3.05) is 13.1 Å². The Hall–Kier alpha value is -1.89. The number of carbonyl (C=O) groups is 2. The Morgan fingerprint density at radius 3 is 2.39 bits per heavy atom. The summed E-state index contributed by atoms with van der Waals surface area (Å²) in [7, 11) is 0. The van der Waals surface area contributed by atoms with Crippen LogP contribution >= 0.6 is 0 Å². The van der Waals surface area contributed by atoms with E-state index in [9.17, 15) is 14.7 Å². The summed E-state index contributed by atoms with van der Waals surface area (Å²) in [6, 6.07) is -0.482. The summed E-state index contributed by atoms with van der Waals surface area (Å²) in [4.78, 5) is 31.6. The minimum Gasteiger partial charge on any atom is -0.443 e. The molecule has 7 nitrogen and oxygen atoms in total. The number of amides is 2. The summed E-state index contributed by atoms with van der Waals surface area (Å²) < 4.78 is 5.79. The number of aliphatic hydroxyl groups excluding tert-OH is 1. The molecule has 2 heterocycles. The fraction of sp³-hybridized carbons (Fsp3) is 0.762. The van der Waals surface area contributed by atoms with Gasteiger partial charge in [0.25, 0.3) is 5.91 Å². The molecule has 2 N–H and O–H groups in total. The molecule has 0 unspecified atom stereocenters. The van der Waals surface area contributed by atoms with Crippen LogP contribution in [0.3, 0.4) is 0 Å². The van der Waals surface area contributed by atoms with Gasteiger partial charge in [0.1, 0.15) is 17.9 Å². The number of oxazole rings is 1. The molecule has 0 aromatic carbocycles. The molecule has 7 heteroatoms. The van der Waals surface area contributed by atoms with Gasteiger partial charge in [0, 0.05) is 13.1 Å². The predicted molar refractivity (Wildman–Crippen MR) is 105 cm³/mol. The molecule has 2 fully saturated rings. The molecule has 0 bridgehead atoms. The van der Waals surface area contributed by atoms with Crippen molar-refractivity contribution in [3.05, 3.63) is 17.3 Å². The van der Waals surface area contributed by atoms with Gasteiger partial charge in [-0.25, -0.2) is 4.98 Å². The second kappa shape index (κ2) is 9.07. The molecule has 0 radical (unpaired) electrons. The lowest BCUT2D eigenvalue weighted by molar-refractivity contribution is -0.134. The molecule has 3 rings (SSSR count). The second-order valence-corrected chi connectivity index (χ2v) is 8.53. The molecule has 1 aromatic heterocycles. The maximum atomic E-state index is 12.7. The molecule has 1 saturated carbocycles. The Labute approximate surface area is 166 Å². The Balaban J connectivity index is 1.72. The highest BCUT2D eigenvalue weighted by molar-refractivity contribution is 5.93. The lowest BCUT2D eigenvalue weighted by Gasteiger charge is -2.28. The van der Waals surface area contributed by atoms with E-state index >= 15 is 0 Å². The molecule has 2 atom stereocenters. The lowest BCUT2D eigenvalue weighted by atomic mass is 9.85. The van der Waals surface area contributed by atoms with Gasteiger partial charge in [-0.1, -0.05) is 33.1 Å². The Bertz CT molecular complexity index is 688. The summed E-state index contributed by atoms with van der Waals surface area (Å²) >= 11 is 0. The third kappa shape index (κ3) is 4.57. The van der Waals surface area contributed by atoms with Crippen LogP contribution in [0.5, 0.6) is 0 Å². The number of aliphatic hydroxyl groups is 1. The van der Waals surface area contributed by atoms with E-state index in [0.717, 1.165) is 51.6 Å². The Morgan fingerprint density at radius 2 is 1.79 bits per heavy atom. The first kappa shape index (κ1) is 20.8. The van der Waals surface area contributed by atoms with Crippen molar-refractivity contribution in [3.63, 3.8) is 0 Å². The van der Waals surface area contributed by atoms with Crippen LogP contribution in [0.2, 0.25) is 0 Å². The zero-order valence-corrected chi connectivity index (χ0v) is 17.2. The minimum absolute atomic E-state index is 0.00953. The Morgan fingerprint density at radius 1 is 1.14 bits per heavy atom. The number of hydrogen-bond acceptors (Lipinski definition) is 5. The van der Waals surface area contributed by atoms with E-state index in [4.69, 9.17) is 4.42 Å². The minimum atomic E-state index is -1.01. The van der Waals surface area contributed by atoms with Crippen LogP contribution in [-0.4, -0.2) is 46.0 Å². The molecule has 1 aliphatic heterocycles. The zero-order chi connectivity index (χ0) is 20.3. The van der Waals surface area contributed by atoms with Crippen molar-refractivity contribution in [2.45, 2.75) is 77.9 Å². The number of nitrogens with zero attached hydrogens (tertiary/aromatic N) is 2. The first-order valence-electron chi connectivity index (χ1n) is 10.6. The zero-order valence-electron chi connectivity index (χ0n) is 17.2. The van der Waals surface area contributed by atoms with E-state index < -0.39 is 12.1 Å². The summed E-state index contributed by atoms with van der Waals surface area (Å²) in [5, 5.41) is 13.4. The van der Waals surface area contributed by atoms with Crippen molar-refractivity contribution in [1.82, 2.24) is 15.2 Å². The van der Waals surface area contributed by atoms with E-state index in [-0.39, 0.29) is 23.7 Å². The van der Waals surface area contributed by atoms with Crippen LogP contribution in [0.15, 0.2) is 4.42 Å². The van der Waals surface area contributed by atoms with Gasteiger partial charge < -0.3 is 19.7 Å². The first-order chi connectivity index (χ1) is 13.4. The number of aryl methyl sites for hydroxylation is 1.